The summed E-state index contributed by atoms with van der Waals surface area (Å²) in [6.07, 6.45) is 1.43. The molecule has 0 radical (unpaired) electrons. The number of hydrogen-bond acceptors (Lipinski definition) is 5. The van der Waals surface area contributed by atoms with E-state index < -0.39 is 5.82 Å². The third kappa shape index (κ3) is 2.45. The minimum Gasteiger partial charge on any atom is -0.494 e. The highest BCUT2D eigenvalue weighted by molar-refractivity contribution is 5.38. The number of tetrazole rings is 1. The van der Waals surface area contributed by atoms with Crippen molar-refractivity contribution < 1.29 is 9.13 Å². The fourth-order valence-electron chi connectivity index (χ4n) is 1.61. The molecule has 0 unspecified atom stereocenters. The van der Waals surface area contributed by atoms with Gasteiger partial charge in [-0.3, -0.25) is 0 Å². The number of methoxy groups -OCH3 is 1. The molecule has 0 spiro atoms. The normalized spacial score (nSPS) is 10.6. The molecule has 1 heterocycles. The monoisotopic (exact) mass is 251 g/mol. The molecule has 0 atom stereocenters. The third-order valence-corrected chi connectivity index (χ3v) is 2.52. The number of rotatable bonds is 5. The molecule has 0 amide bonds. The smallest absolute Gasteiger partial charge is 0.167 e. The summed E-state index contributed by atoms with van der Waals surface area (Å²) in [5.74, 6) is 0.399. The van der Waals surface area contributed by atoms with Crippen molar-refractivity contribution >= 4 is 0 Å². The third-order valence-electron chi connectivity index (χ3n) is 2.52. The molecule has 0 saturated carbocycles. The zero-order valence-electron chi connectivity index (χ0n) is 10.0. The van der Waals surface area contributed by atoms with Crippen molar-refractivity contribution in [2.24, 2.45) is 5.73 Å². The van der Waals surface area contributed by atoms with Crippen molar-refractivity contribution in [3.63, 3.8) is 0 Å². The predicted octanol–water partition coefficient (Wildman–Crippen LogP) is 0.701. The average Bonchev–Trinajstić information content (AvgIpc) is 2.84. The van der Waals surface area contributed by atoms with E-state index in [1.807, 2.05) is 0 Å². The molecule has 0 aliphatic rings. The average molecular weight is 251 g/mol. The molecule has 0 bridgehead atoms. The number of benzene rings is 1. The van der Waals surface area contributed by atoms with E-state index in [-0.39, 0.29) is 5.75 Å². The van der Waals surface area contributed by atoms with Crippen LogP contribution in [-0.4, -0.2) is 33.9 Å². The summed E-state index contributed by atoms with van der Waals surface area (Å²) in [6, 6.07) is 4.57. The Labute approximate surface area is 104 Å². The SMILES string of the molecule is COc1ccc(-n2nnnc2CCCN)cc1F. The first-order valence-electron chi connectivity index (χ1n) is 5.57. The van der Waals surface area contributed by atoms with Gasteiger partial charge in [0, 0.05) is 12.5 Å². The Hall–Kier alpha value is -2.02. The molecule has 0 saturated heterocycles. The van der Waals surface area contributed by atoms with Crippen LogP contribution < -0.4 is 10.5 Å². The number of aromatic nitrogens is 4. The van der Waals surface area contributed by atoms with Gasteiger partial charge in [0.1, 0.15) is 0 Å². The molecule has 6 nitrogen and oxygen atoms in total. The minimum atomic E-state index is -0.449. The largest absolute Gasteiger partial charge is 0.494 e. The lowest BCUT2D eigenvalue weighted by atomic mass is 10.2. The number of nitrogens with zero attached hydrogens (tertiary/aromatic N) is 4. The van der Waals surface area contributed by atoms with E-state index in [1.165, 1.54) is 17.9 Å². The zero-order valence-corrected chi connectivity index (χ0v) is 10.0. The molecule has 2 rings (SSSR count). The second-order valence-corrected chi connectivity index (χ2v) is 3.72. The molecule has 1 aromatic carbocycles. The molecule has 96 valence electrons. The summed E-state index contributed by atoms with van der Waals surface area (Å²) in [5, 5.41) is 11.3. The Kier molecular flexibility index (Phi) is 3.83. The lowest BCUT2D eigenvalue weighted by molar-refractivity contribution is 0.386. The fraction of sp³-hybridized carbons (Fsp3) is 0.364. The van der Waals surface area contributed by atoms with Gasteiger partial charge in [-0.25, -0.2) is 4.39 Å². The molecule has 2 N–H and O–H groups in total. The van der Waals surface area contributed by atoms with Crippen LogP contribution in [-0.2, 0) is 6.42 Å². The first kappa shape index (κ1) is 12.4. The van der Waals surface area contributed by atoms with Crippen LogP contribution >= 0.6 is 0 Å². The van der Waals surface area contributed by atoms with Crippen LogP contribution in [0.4, 0.5) is 4.39 Å². The van der Waals surface area contributed by atoms with Gasteiger partial charge in [0.2, 0.25) is 0 Å². The van der Waals surface area contributed by atoms with Crippen molar-refractivity contribution in [3.8, 4) is 11.4 Å². The summed E-state index contributed by atoms with van der Waals surface area (Å²) in [6.45, 7) is 0.559. The number of hydrogen-bond donors (Lipinski definition) is 1. The van der Waals surface area contributed by atoms with Crippen molar-refractivity contribution in [2.45, 2.75) is 12.8 Å². The van der Waals surface area contributed by atoms with Gasteiger partial charge in [-0.2, -0.15) is 4.68 Å². The van der Waals surface area contributed by atoms with E-state index in [0.717, 1.165) is 6.42 Å². The predicted molar refractivity (Wildman–Crippen MR) is 63.0 cm³/mol. The Bertz CT molecular complexity index is 528. The quantitative estimate of drug-likeness (QED) is 0.846. The van der Waals surface area contributed by atoms with Gasteiger partial charge in [-0.05, 0) is 35.5 Å². The second kappa shape index (κ2) is 5.54. The molecular weight excluding hydrogens is 237 g/mol. The molecule has 7 heteroatoms. The van der Waals surface area contributed by atoms with E-state index in [0.29, 0.717) is 24.5 Å². The molecule has 0 aliphatic carbocycles. The zero-order chi connectivity index (χ0) is 13.0. The summed E-state index contributed by atoms with van der Waals surface area (Å²) < 4.78 is 20.0. The van der Waals surface area contributed by atoms with E-state index >= 15 is 0 Å². The lowest BCUT2D eigenvalue weighted by Crippen LogP contribution is -2.07. The van der Waals surface area contributed by atoms with Crippen LogP contribution in [0.15, 0.2) is 18.2 Å². The maximum Gasteiger partial charge on any atom is 0.167 e. The Morgan fingerprint density at radius 2 is 2.28 bits per heavy atom. The van der Waals surface area contributed by atoms with Gasteiger partial charge >= 0.3 is 0 Å². The first-order chi connectivity index (χ1) is 8.76. The van der Waals surface area contributed by atoms with Gasteiger partial charge in [0.05, 0.1) is 12.8 Å². The van der Waals surface area contributed by atoms with Crippen LogP contribution in [0.25, 0.3) is 5.69 Å². The van der Waals surface area contributed by atoms with Crippen LogP contribution in [0.3, 0.4) is 0 Å². The Morgan fingerprint density at radius 3 is 2.94 bits per heavy atom. The number of ether oxygens (including phenoxy) is 1. The minimum absolute atomic E-state index is 0.190. The summed E-state index contributed by atoms with van der Waals surface area (Å²) in [4.78, 5) is 0. The molecule has 18 heavy (non-hydrogen) atoms. The van der Waals surface area contributed by atoms with Gasteiger partial charge in [0.25, 0.3) is 0 Å². The number of nitrogens with two attached hydrogens (primary N) is 1. The molecule has 2 aromatic rings. The highest BCUT2D eigenvalue weighted by atomic mass is 19.1. The lowest BCUT2D eigenvalue weighted by Gasteiger charge is -2.06. The summed E-state index contributed by atoms with van der Waals surface area (Å²) in [5.41, 5.74) is 6.00. The maximum atomic E-state index is 13.6. The Morgan fingerprint density at radius 1 is 1.44 bits per heavy atom. The van der Waals surface area contributed by atoms with Gasteiger partial charge in [-0.15, -0.1) is 5.10 Å². The molecular formula is C11H14FN5O. The van der Waals surface area contributed by atoms with Crippen molar-refractivity contribution in [2.75, 3.05) is 13.7 Å². The van der Waals surface area contributed by atoms with Crippen LogP contribution in [0, 0.1) is 5.82 Å². The molecule has 1 aromatic heterocycles. The summed E-state index contributed by atoms with van der Waals surface area (Å²) >= 11 is 0. The van der Waals surface area contributed by atoms with Crippen molar-refractivity contribution in [3.05, 3.63) is 29.8 Å². The summed E-state index contributed by atoms with van der Waals surface area (Å²) in [7, 11) is 1.42. The van der Waals surface area contributed by atoms with Crippen molar-refractivity contribution in [1.29, 1.82) is 0 Å². The van der Waals surface area contributed by atoms with Gasteiger partial charge in [0.15, 0.2) is 17.4 Å². The highest BCUT2D eigenvalue weighted by Gasteiger charge is 2.10. The number of halogens is 1. The highest BCUT2D eigenvalue weighted by Crippen LogP contribution is 2.20. The van der Waals surface area contributed by atoms with Gasteiger partial charge in [-0.1, -0.05) is 0 Å². The van der Waals surface area contributed by atoms with Crippen molar-refractivity contribution in [1.82, 2.24) is 20.2 Å². The van der Waals surface area contributed by atoms with Crippen LogP contribution in [0.2, 0.25) is 0 Å². The van der Waals surface area contributed by atoms with Crippen LogP contribution in [0.5, 0.6) is 5.75 Å². The maximum absolute atomic E-state index is 13.6. The fourth-order valence-corrected chi connectivity index (χ4v) is 1.61. The topological polar surface area (TPSA) is 78.8 Å². The van der Waals surface area contributed by atoms with E-state index in [1.54, 1.807) is 12.1 Å². The van der Waals surface area contributed by atoms with E-state index in [2.05, 4.69) is 15.5 Å². The van der Waals surface area contributed by atoms with E-state index in [4.69, 9.17) is 10.5 Å². The molecule has 0 aliphatic heterocycles. The standard InChI is InChI=1S/C11H14FN5O/c1-18-10-5-4-8(7-9(10)12)17-11(3-2-6-13)14-15-16-17/h4-5,7H,2-3,6,13H2,1H3. The van der Waals surface area contributed by atoms with E-state index in [9.17, 15) is 4.39 Å². The Balaban J connectivity index is 2.31. The number of aryl methyl sites for hydroxylation is 1. The first-order valence-corrected chi connectivity index (χ1v) is 5.57. The molecule has 0 fully saturated rings. The van der Waals surface area contributed by atoms with Gasteiger partial charge < -0.3 is 10.5 Å². The second-order valence-electron chi connectivity index (χ2n) is 3.72. The van der Waals surface area contributed by atoms with Crippen LogP contribution in [0.1, 0.15) is 12.2 Å².